The van der Waals surface area contributed by atoms with Crippen LogP contribution in [0.25, 0.3) is 22.0 Å². The number of aryl methyl sites for hydroxylation is 1. The zero-order valence-electron chi connectivity index (χ0n) is 14.5. The summed E-state index contributed by atoms with van der Waals surface area (Å²) in [5, 5.41) is 1.17. The van der Waals surface area contributed by atoms with Crippen LogP contribution in [0, 0.1) is 6.92 Å². The van der Waals surface area contributed by atoms with Crippen LogP contribution in [0.1, 0.15) is 5.69 Å². The van der Waals surface area contributed by atoms with Gasteiger partial charge in [-0.25, -0.2) is 0 Å². The van der Waals surface area contributed by atoms with Crippen molar-refractivity contribution in [2.45, 2.75) is 6.92 Å². The van der Waals surface area contributed by atoms with Crippen molar-refractivity contribution in [3.63, 3.8) is 0 Å². The Morgan fingerprint density at radius 2 is 1.36 bits per heavy atom. The van der Waals surface area contributed by atoms with Gasteiger partial charge in [0, 0.05) is 23.8 Å². The fourth-order valence-corrected chi connectivity index (χ4v) is 3.21. The van der Waals surface area contributed by atoms with Gasteiger partial charge in [-0.2, -0.15) is 0 Å². The molecule has 1 heterocycles. The molecular weight excluding hydrogens is 304 g/mol. The van der Waals surface area contributed by atoms with Crippen LogP contribution < -0.4 is 4.90 Å². The Hall–Kier alpha value is -3.13. The Balaban J connectivity index is 1.73. The third-order valence-corrected chi connectivity index (χ3v) is 4.55. The third kappa shape index (κ3) is 2.99. The number of hydrogen-bond donors (Lipinski definition) is 0. The topological polar surface area (TPSA) is 16.1 Å². The maximum atomic E-state index is 4.64. The molecule has 25 heavy (non-hydrogen) atoms. The zero-order valence-corrected chi connectivity index (χ0v) is 14.5. The minimum Gasteiger partial charge on any atom is -0.344 e. The summed E-state index contributed by atoms with van der Waals surface area (Å²) in [7, 11) is 2.11. The lowest BCUT2D eigenvalue weighted by Crippen LogP contribution is -2.10. The minimum atomic E-state index is 1.03. The van der Waals surface area contributed by atoms with E-state index in [9.17, 15) is 0 Å². The highest BCUT2D eigenvalue weighted by Crippen LogP contribution is 2.32. The van der Waals surface area contributed by atoms with Crippen LogP contribution in [0.15, 0.2) is 84.9 Å². The van der Waals surface area contributed by atoms with Gasteiger partial charge in [0.1, 0.15) is 0 Å². The summed E-state index contributed by atoms with van der Waals surface area (Å²) in [4.78, 5) is 6.87. The predicted octanol–water partition coefficient (Wildman–Crippen LogP) is 5.98. The molecule has 0 unspecified atom stereocenters. The number of rotatable bonds is 3. The van der Waals surface area contributed by atoms with Gasteiger partial charge >= 0.3 is 0 Å². The van der Waals surface area contributed by atoms with Crippen LogP contribution in [0.2, 0.25) is 0 Å². The van der Waals surface area contributed by atoms with Crippen LogP contribution in [0.4, 0.5) is 11.4 Å². The second-order valence-corrected chi connectivity index (χ2v) is 6.27. The molecule has 122 valence electrons. The molecule has 0 aliphatic rings. The van der Waals surface area contributed by atoms with Crippen molar-refractivity contribution < 1.29 is 0 Å². The van der Waals surface area contributed by atoms with E-state index in [2.05, 4.69) is 89.7 Å². The molecule has 0 spiro atoms. The van der Waals surface area contributed by atoms with E-state index in [1.807, 2.05) is 19.1 Å². The number of para-hydroxylation sites is 1. The third-order valence-electron chi connectivity index (χ3n) is 4.55. The van der Waals surface area contributed by atoms with Crippen molar-refractivity contribution >= 4 is 22.3 Å². The first kappa shape index (κ1) is 15.4. The second kappa shape index (κ2) is 6.40. The Morgan fingerprint density at radius 1 is 0.720 bits per heavy atom. The molecule has 0 fully saturated rings. The van der Waals surface area contributed by atoms with E-state index < -0.39 is 0 Å². The maximum Gasteiger partial charge on any atom is 0.0726 e. The molecule has 0 atom stereocenters. The molecule has 0 saturated carbocycles. The lowest BCUT2D eigenvalue weighted by Gasteiger charge is -2.22. The number of aromatic nitrogens is 1. The summed E-state index contributed by atoms with van der Waals surface area (Å²) in [6.07, 6.45) is 0. The molecule has 1 aromatic heterocycles. The molecule has 4 rings (SSSR count). The first-order valence-corrected chi connectivity index (χ1v) is 8.48. The molecule has 0 radical (unpaired) electrons. The summed E-state index contributed by atoms with van der Waals surface area (Å²) in [5.41, 5.74) is 6.87. The van der Waals surface area contributed by atoms with Crippen LogP contribution in [0.3, 0.4) is 0 Å². The van der Waals surface area contributed by atoms with E-state index in [1.54, 1.807) is 0 Å². The highest BCUT2D eigenvalue weighted by Gasteiger charge is 2.10. The van der Waals surface area contributed by atoms with Crippen molar-refractivity contribution in [3.05, 3.63) is 90.6 Å². The van der Waals surface area contributed by atoms with Crippen LogP contribution >= 0.6 is 0 Å². The van der Waals surface area contributed by atoms with Gasteiger partial charge in [-0.15, -0.1) is 0 Å². The van der Waals surface area contributed by atoms with Crippen molar-refractivity contribution in [1.29, 1.82) is 0 Å². The largest absolute Gasteiger partial charge is 0.344 e. The van der Waals surface area contributed by atoms with Gasteiger partial charge in [-0.3, -0.25) is 4.98 Å². The SMILES string of the molecule is Cc1cc(N(C)c2ccc(-c3ccccc3)cc2)c2ccccc2n1. The van der Waals surface area contributed by atoms with E-state index in [4.69, 9.17) is 0 Å². The van der Waals surface area contributed by atoms with E-state index in [1.165, 1.54) is 22.2 Å². The van der Waals surface area contributed by atoms with Gasteiger partial charge in [0.15, 0.2) is 0 Å². The van der Waals surface area contributed by atoms with Crippen LogP contribution in [-0.4, -0.2) is 12.0 Å². The van der Waals surface area contributed by atoms with Gasteiger partial charge in [-0.05, 0) is 42.3 Å². The fourth-order valence-electron chi connectivity index (χ4n) is 3.21. The number of anilines is 2. The molecule has 3 aromatic carbocycles. The molecule has 0 aliphatic heterocycles. The Kier molecular flexibility index (Phi) is 3.95. The summed E-state index contributed by atoms with van der Waals surface area (Å²) in [6, 6.07) is 29.6. The molecular formula is C23H20N2. The zero-order chi connectivity index (χ0) is 17.2. The standard InChI is InChI=1S/C23H20N2/c1-17-16-23(21-10-6-7-11-22(21)24-17)25(2)20-14-12-19(13-15-20)18-8-4-3-5-9-18/h3-16H,1-2H3. The van der Waals surface area contributed by atoms with Gasteiger partial charge in [0.2, 0.25) is 0 Å². The molecule has 2 nitrogen and oxygen atoms in total. The number of pyridine rings is 1. The first-order valence-electron chi connectivity index (χ1n) is 8.48. The van der Waals surface area contributed by atoms with E-state index >= 15 is 0 Å². The minimum absolute atomic E-state index is 1.03. The summed E-state index contributed by atoms with van der Waals surface area (Å²) in [5.74, 6) is 0. The fraction of sp³-hybridized carbons (Fsp3) is 0.0870. The number of nitrogens with zero attached hydrogens (tertiary/aromatic N) is 2. The molecule has 4 aromatic rings. The Bertz CT molecular complexity index is 1010. The smallest absolute Gasteiger partial charge is 0.0726 e. The number of hydrogen-bond acceptors (Lipinski definition) is 2. The lowest BCUT2D eigenvalue weighted by atomic mass is 10.1. The normalized spacial score (nSPS) is 10.8. The lowest BCUT2D eigenvalue weighted by molar-refractivity contribution is 1.18. The van der Waals surface area contributed by atoms with Gasteiger partial charge in [-0.1, -0.05) is 60.7 Å². The summed E-state index contributed by atoms with van der Waals surface area (Å²) in [6.45, 7) is 2.04. The highest BCUT2D eigenvalue weighted by atomic mass is 15.1. The van der Waals surface area contributed by atoms with Gasteiger partial charge < -0.3 is 4.90 Å². The molecule has 0 aliphatic carbocycles. The molecule has 0 amide bonds. The Labute approximate surface area is 148 Å². The predicted molar refractivity (Wildman–Crippen MR) is 106 cm³/mol. The highest BCUT2D eigenvalue weighted by molar-refractivity contribution is 5.94. The summed E-state index contributed by atoms with van der Waals surface area (Å²) < 4.78 is 0. The average Bonchev–Trinajstić information content (AvgIpc) is 2.67. The maximum absolute atomic E-state index is 4.64. The monoisotopic (exact) mass is 324 g/mol. The molecule has 0 saturated heterocycles. The van der Waals surface area contributed by atoms with E-state index in [-0.39, 0.29) is 0 Å². The van der Waals surface area contributed by atoms with E-state index in [0.29, 0.717) is 0 Å². The van der Waals surface area contributed by atoms with Crippen molar-refractivity contribution in [1.82, 2.24) is 4.98 Å². The Morgan fingerprint density at radius 3 is 2.12 bits per heavy atom. The van der Waals surface area contributed by atoms with Gasteiger partial charge in [0.05, 0.1) is 11.2 Å². The van der Waals surface area contributed by atoms with Crippen LogP contribution in [-0.2, 0) is 0 Å². The van der Waals surface area contributed by atoms with Gasteiger partial charge in [0.25, 0.3) is 0 Å². The van der Waals surface area contributed by atoms with Crippen LogP contribution in [0.5, 0.6) is 0 Å². The van der Waals surface area contributed by atoms with Crippen molar-refractivity contribution in [2.75, 3.05) is 11.9 Å². The number of benzene rings is 3. The number of fused-ring (bicyclic) bond motifs is 1. The van der Waals surface area contributed by atoms with Crippen molar-refractivity contribution in [2.24, 2.45) is 0 Å². The van der Waals surface area contributed by atoms with Crippen molar-refractivity contribution in [3.8, 4) is 11.1 Å². The molecule has 0 bridgehead atoms. The first-order chi connectivity index (χ1) is 12.2. The van der Waals surface area contributed by atoms with E-state index in [0.717, 1.165) is 16.9 Å². The summed E-state index contributed by atoms with van der Waals surface area (Å²) >= 11 is 0. The molecule has 2 heteroatoms. The second-order valence-electron chi connectivity index (χ2n) is 6.27. The quantitative estimate of drug-likeness (QED) is 0.461. The molecule has 0 N–H and O–H groups in total. The average molecular weight is 324 g/mol.